The van der Waals surface area contributed by atoms with E-state index in [-0.39, 0.29) is 12.5 Å². The molecule has 1 fully saturated rings. The van der Waals surface area contributed by atoms with Crippen molar-refractivity contribution in [3.63, 3.8) is 0 Å². The number of aliphatic hydroxyl groups is 1. The largest absolute Gasteiger partial charge is 0.484 e. The molecule has 1 aliphatic rings. The fraction of sp³-hybridized carbons (Fsp3) is 0.562. The van der Waals surface area contributed by atoms with Crippen LogP contribution in [0.4, 0.5) is 13.2 Å². The van der Waals surface area contributed by atoms with Crippen molar-refractivity contribution in [3.05, 3.63) is 30.3 Å². The molecule has 0 radical (unpaired) electrons. The van der Waals surface area contributed by atoms with Gasteiger partial charge in [0.1, 0.15) is 5.75 Å². The molecule has 1 N–H and O–H groups in total. The van der Waals surface area contributed by atoms with E-state index >= 15 is 0 Å². The third-order valence-corrected chi connectivity index (χ3v) is 3.86. The van der Waals surface area contributed by atoms with Gasteiger partial charge >= 0.3 is 6.18 Å². The maximum Gasteiger partial charge on any atom is 0.415 e. The SMILES string of the molecule is O=C(COc1ccccc1)N1CCCN(CC(O)C(F)(F)F)CC1. The van der Waals surface area contributed by atoms with E-state index in [0.717, 1.165) is 0 Å². The first-order valence-corrected chi connectivity index (χ1v) is 7.79. The number of nitrogens with zero attached hydrogens (tertiary/aromatic N) is 2. The van der Waals surface area contributed by atoms with Gasteiger partial charge in [-0.05, 0) is 18.6 Å². The molecule has 1 saturated heterocycles. The third-order valence-electron chi connectivity index (χ3n) is 3.86. The molecule has 5 nitrogen and oxygen atoms in total. The molecule has 8 heteroatoms. The molecule has 0 saturated carbocycles. The van der Waals surface area contributed by atoms with E-state index in [1.807, 2.05) is 6.07 Å². The summed E-state index contributed by atoms with van der Waals surface area (Å²) in [6.07, 6.45) is -6.42. The molecule has 2 rings (SSSR count). The molecule has 1 atom stereocenters. The molecule has 1 aromatic carbocycles. The lowest BCUT2D eigenvalue weighted by atomic mass is 10.3. The van der Waals surface area contributed by atoms with Gasteiger partial charge in [0.05, 0.1) is 0 Å². The lowest BCUT2D eigenvalue weighted by molar-refractivity contribution is -0.208. The summed E-state index contributed by atoms with van der Waals surface area (Å²) in [6.45, 7) is 0.930. The minimum absolute atomic E-state index is 0.102. The predicted octanol–water partition coefficient (Wildman–Crippen LogP) is 1.52. The van der Waals surface area contributed by atoms with Crippen molar-refractivity contribution in [3.8, 4) is 5.75 Å². The minimum Gasteiger partial charge on any atom is -0.484 e. The van der Waals surface area contributed by atoms with Crippen molar-refractivity contribution in [1.29, 1.82) is 0 Å². The molecule has 1 aromatic rings. The standard InChI is InChI=1S/C16H21F3N2O3/c17-16(18,19)14(22)11-20-7-4-8-21(10-9-20)15(23)12-24-13-5-2-1-3-6-13/h1-3,5-6,14,22H,4,7-12H2. The highest BCUT2D eigenvalue weighted by atomic mass is 19.4. The molecule has 1 unspecified atom stereocenters. The van der Waals surface area contributed by atoms with Gasteiger partial charge in [-0.25, -0.2) is 0 Å². The molecule has 134 valence electrons. The summed E-state index contributed by atoms with van der Waals surface area (Å²) in [6, 6.07) is 8.94. The number of hydrogen-bond donors (Lipinski definition) is 1. The average Bonchev–Trinajstić information content (AvgIpc) is 2.78. The summed E-state index contributed by atoms with van der Waals surface area (Å²) >= 11 is 0. The van der Waals surface area contributed by atoms with Gasteiger partial charge in [-0.2, -0.15) is 13.2 Å². The molecule has 1 aliphatic heterocycles. The number of halogens is 3. The summed E-state index contributed by atoms with van der Waals surface area (Å²) in [5.74, 6) is 0.396. The Morgan fingerprint density at radius 3 is 2.54 bits per heavy atom. The van der Waals surface area contributed by atoms with Crippen LogP contribution >= 0.6 is 0 Å². The summed E-state index contributed by atoms with van der Waals surface area (Å²) in [4.78, 5) is 15.3. The van der Waals surface area contributed by atoms with Gasteiger partial charge in [-0.1, -0.05) is 18.2 Å². The molecule has 0 aliphatic carbocycles. The second kappa shape index (κ2) is 8.34. The quantitative estimate of drug-likeness (QED) is 0.878. The molecular weight excluding hydrogens is 325 g/mol. The normalized spacial score (nSPS) is 18.1. The Balaban J connectivity index is 1.78. The van der Waals surface area contributed by atoms with Crippen molar-refractivity contribution in [2.45, 2.75) is 18.7 Å². The first kappa shape index (κ1) is 18.5. The van der Waals surface area contributed by atoms with Crippen LogP contribution in [-0.2, 0) is 4.79 Å². The fourth-order valence-electron chi connectivity index (χ4n) is 2.50. The van der Waals surface area contributed by atoms with Crippen LogP contribution in [-0.4, -0.2) is 72.4 Å². The molecule has 0 spiro atoms. The van der Waals surface area contributed by atoms with Crippen molar-refractivity contribution in [2.24, 2.45) is 0 Å². The zero-order valence-electron chi connectivity index (χ0n) is 13.2. The number of rotatable bonds is 5. The second-order valence-corrected chi connectivity index (χ2v) is 5.69. The minimum atomic E-state index is -4.62. The smallest absolute Gasteiger partial charge is 0.415 e. The van der Waals surface area contributed by atoms with Crippen molar-refractivity contribution in [2.75, 3.05) is 39.3 Å². The Morgan fingerprint density at radius 1 is 1.17 bits per heavy atom. The van der Waals surface area contributed by atoms with E-state index < -0.39 is 18.8 Å². The number of alkyl halides is 3. The maximum atomic E-state index is 12.4. The Labute approximate surface area is 138 Å². The number of aliphatic hydroxyl groups excluding tert-OH is 1. The van der Waals surface area contributed by atoms with E-state index in [2.05, 4.69) is 0 Å². The highest BCUT2D eigenvalue weighted by Crippen LogP contribution is 2.21. The van der Waals surface area contributed by atoms with Gasteiger partial charge in [0, 0.05) is 32.7 Å². The fourth-order valence-corrected chi connectivity index (χ4v) is 2.50. The van der Waals surface area contributed by atoms with Crippen molar-refractivity contribution >= 4 is 5.91 Å². The van der Waals surface area contributed by atoms with Crippen LogP contribution in [0.25, 0.3) is 0 Å². The lowest BCUT2D eigenvalue weighted by Crippen LogP contribution is -2.43. The molecule has 1 heterocycles. The van der Waals surface area contributed by atoms with Gasteiger partial charge in [0.25, 0.3) is 5.91 Å². The molecule has 1 amide bonds. The van der Waals surface area contributed by atoms with Crippen LogP contribution in [0.15, 0.2) is 30.3 Å². The van der Waals surface area contributed by atoms with E-state index in [9.17, 15) is 18.0 Å². The van der Waals surface area contributed by atoms with Gasteiger partial charge in [-0.3, -0.25) is 9.69 Å². The Kier molecular flexibility index (Phi) is 6.44. The zero-order chi connectivity index (χ0) is 17.6. The molecule has 0 aromatic heterocycles. The summed E-state index contributed by atoms with van der Waals surface area (Å²) < 4.78 is 42.6. The number of β-amino-alcohol motifs (C(OH)–C–C–N with tert-alkyl or cyclic N) is 1. The van der Waals surface area contributed by atoms with Crippen LogP contribution in [0.3, 0.4) is 0 Å². The Bertz CT molecular complexity index is 525. The topological polar surface area (TPSA) is 53.0 Å². The Morgan fingerprint density at radius 2 is 1.88 bits per heavy atom. The third kappa shape index (κ3) is 5.68. The molecule has 0 bridgehead atoms. The molecular formula is C16H21F3N2O3. The zero-order valence-corrected chi connectivity index (χ0v) is 13.2. The van der Waals surface area contributed by atoms with Crippen LogP contribution in [0, 0.1) is 0 Å². The summed E-state index contributed by atoms with van der Waals surface area (Å²) in [5.41, 5.74) is 0. The van der Waals surface area contributed by atoms with Gasteiger partial charge in [0.2, 0.25) is 0 Å². The van der Waals surface area contributed by atoms with Crippen LogP contribution in [0.5, 0.6) is 5.75 Å². The highest BCUT2D eigenvalue weighted by molar-refractivity contribution is 5.77. The monoisotopic (exact) mass is 346 g/mol. The highest BCUT2D eigenvalue weighted by Gasteiger charge is 2.39. The van der Waals surface area contributed by atoms with Crippen molar-refractivity contribution < 1.29 is 27.8 Å². The first-order chi connectivity index (χ1) is 11.4. The number of para-hydroxylation sites is 1. The number of carbonyl (C=O) groups is 1. The summed E-state index contributed by atoms with van der Waals surface area (Å²) in [5, 5.41) is 9.15. The Hall–Kier alpha value is -1.80. The summed E-state index contributed by atoms with van der Waals surface area (Å²) in [7, 11) is 0. The average molecular weight is 346 g/mol. The van der Waals surface area contributed by atoms with E-state index in [0.29, 0.717) is 38.3 Å². The van der Waals surface area contributed by atoms with Gasteiger partial charge in [0.15, 0.2) is 12.7 Å². The number of carbonyl (C=O) groups excluding carboxylic acids is 1. The van der Waals surface area contributed by atoms with Crippen molar-refractivity contribution in [1.82, 2.24) is 9.80 Å². The van der Waals surface area contributed by atoms with Gasteiger partial charge < -0.3 is 14.7 Å². The van der Waals surface area contributed by atoms with E-state index in [1.54, 1.807) is 29.2 Å². The number of amides is 1. The first-order valence-electron chi connectivity index (χ1n) is 7.79. The number of ether oxygens (including phenoxy) is 1. The van der Waals surface area contributed by atoms with E-state index in [4.69, 9.17) is 9.84 Å². The second-order valence-electron chi connectivity index (χ2n) is 5.69. The van der Waals surface area contributed by atoms with Gasteiger partial charge in [-0.15, -0.1) is 0 Å². The predicted molar refractivity (Wildman–Crippen MR) is 81.6 cm³/mol. The van der Waals surface area contributed by atoms with Crippen LogP contribution in [0.1, 0.15) is 6.42 Å². The van der Waals surface area contributed by atoms with Crippen LogP contribution in [0.2, 0.25) is 0 Å². The maximum absolute atomic E-state index is 12.4. The number of hydrogen-bond acceptors (Lipinski definition) is 4. The van der Waals surface area contributed by atoms with Crippen LogP contribution < -0.4 is 4.74 Å². The van der Waals surface area contributed by atoms with E-state index in [1.165, 1.54) is 4.90 Å². The molecule has 24 heavy (non-hydrogen) atoms. The number of benzene rings is 1. The lowest BCUT2D eigenvalue weighted by Gasteiger charge is -2.25.